The van der Waals surface area contributed by atoms with Crippen LogP contribution in [0, 0.1) is 0 Å². The van der Waals surface area contributed by atoms with E-state index in [9.17, 15) is 19.8 Å². The van der Waals surface area contributed by atoms with Gasteiger partial charge in [-0.3, -0.25) is 9.59 Å². The van der Waals surface area contributed by atoms with E-state index in [2.05, 4.69) is 5.32 Å². The molecule has 0 fully saturated rings. The van der Waals surface area contributed by atoms with Crippen molar-refractivity contribution in [2.45, 2.75) is 13.3 Å². The molecule has 0 heterocycles. The molecule has 0 aliphatic carbocycles. The van der Waals surface area contributed by atoms with Gasteiger partial charge in [0.15, 0.2) is 11.5 Å². The summed E-state index contributed by atoms with van der Waals surface area (Å²) in [7, 11) is 1.46. The SMILES string of the molecule is CCCNC(=O)CN(C)C(=O)c1cccc(O)c1O. The summed E-state index contributed by atoms with van der Waals surface area (Å²) in [6, 6.07) is 4.12. The van der Waals surface area contributed by atoms with E-state index in [1.807, 2.05) is 6.92 Å². The standard InChI is InChI=1S/C13H18N2O4/c1-3-7-14-11(17)8-15(2)13(19)9-5-4-6-10(16)12(9)18/h4-6,16,18H,3,7-8H2,1-2H3,(H,14,17). The molecular formula is C13H18N2O4. The van der Waals surface area contributed by atoms with Crippen molar-refractivity contribution in [1.29, 1.82) is 0 Å². The highest BCUT2D eigenvalue weighted by atomic mass is 16.3. The molecule has 0 bridgehead atoms. The molecule has 0 aliphatic rings. The molecule has 0 aromatic heterocycles. The topological polar surface area (TPSA) is 89.9 Å². The number of nitrogens with one attached hydrogen (secondary N) is 1. The van der Waals surface area contributed by atoms with Crippen LogP contribution in [0.4, 0.5) is 0 Å². The molecule has 2 amide bonds. The number of phenolic OH excluding ortho intramolecular Hbond substituents is 2. The van der Waals surface area contributed by atoms with Crippen LogP contribution < -0.4 is 5.32 Å². The molecule has 6 nitrogen and oxygen atoms in total. The highest BCUT2D eigenvalue weighted by Crippen LogP contribution is 2.28. The zero-order valence-electron chi connectivity index (χ0n) is 11.0. The molecule has 3 N–H and O–H groups in total. The first-order valence-electron chi connectivity index (χ1n) is 6.00. The summed E-state index contributed by atoms with van der Waals surface area (Å²) in [5.41, 5.74) is -0.0363. The summed E-state index contributed by atoms with van der Waals surface area (Å²) in [5.74, 6) is -1.64. The third kappa shape index (κ3) is 3.87. The molecule has 1 aromatic carbocycles. The number of aromatic hydroxyl groups is 2. The van der Waals surface area contributed by atoms with Gasteiger partial charge in [0.25, 0.3) is 5.91 Å². The molecule has 0 aliphatic heterocycles. The minimum absolute atomic E-state index is 0.0363. The lowest BCUT2D eigenvalue weighted by molar-refractivity contribution is -0.121. The van der Waals surface area contributed by atoms with Crippen molar-refractivity contribution in [2.75, 3.05) is 20.1 Å². The highest BCUT2D eigenvalue weighted by Gasteiger charge is 2.19. The van der Waals surface area contributed by atoms with Gasteiger partial charge in [0.05, 0.1) is 12.1 Å². The fourth-order valence-corrected chi connectivity index (χ4v) is 1.52. The lowest BCUT2D eigenvalue weighted by Crippen LogP contribution is -2.38. The quantitative estimate of drug-likeness (QED) is 0.684. The number of carbonyl (C=O) groups is 2. The van der Waals surface area contributed by atoms with Crippen LogP contribution in [0.3, 0.4) is 0 Å². The summed E-state index contributed by atoms with van der Waals surface area (Å²) >= 11 is 0. The fourth-order valence-electron chi connectivity index (χ4n) is 1.52. The van der Waals surface area contributed by atoms with E-state index in [0.29, 0.717) is 6.54 Å². The summed E-state index contributed by atoms with van der Waals surface area (Å²) in [6.45, 7) is 2.38. The van der Waals surface area contributed by atoms with Gasteiger partial charge in [0.2, 0.25) is 5.91 Å². The predicted octanol–water partition coefficient (Wildman–Crippen LogP) is 0.696. The summed E-state index contributed by atoms with van der Waals surface area (Å²) in [4.78, 5) is 24.7. The molecule has 0 atom stereocenters. The van der Waals surface area contributed by atoms with Gasteiger partial charge in [-0.25, -0.2) is 0 Å². The van der Waals surface area contributed by atoms with Crippen molar-refractivity contribution >= 4 is 11.8 Å². The second-order valence-electron chi connectivity index (χ2n) is 4.18. The van der Waals surface area contributed by atoms with Gasteiger partial charge in [-0.2, -0.15) is 0 Å². The molecule has 0 saturated carbocycles. The Morgan fingerprint density at radius 1 is 1.32 bits per heavy atom. The Labute approximate surface area is 111 Å². The van der Waals surface area contributed by atoms with Crippen LogP contribution in [0.1, 0.15) is 23.7 Å². The van der Waals surface area contributed by atoms with Gasteiger partial charge >= 0.3 is 0 Å². The minimum Gasteiger partial charge on any atom is -0.504 e. The second kappa shape index (κ2) is 6.63. The summed E-state index contributed by atoms with van der Waals surface area (Å²) in [6.07, 6.45) is 0.816. The molecule has 0 unspecified atom stereocenters. The predicted molar refractivity (Wildman–Crippen MR) is 70.0 cm³/mol. The summed E-state index contributed by atoms with van der Waals surface area (Å²) < 4.78 is 0. The molecule has 0 spiro atoms. The fraction of sp³-hybridized carbons (Fsp3) is 0.385. The van der Waals surface area contributed by atoms with E-state index in [1.165, 1.54) is 30.1 Å². The molecular weight excluding hydrogens is 248 g/mol. The molecule has 6 heteroatoms. The third-order valence-electron chi connectivity index (χ3n) is 2.54. The van der Waals surface area contributed by atoms with Gasteiger partial charge in [-0.05, 0) is 18.6 Å². The van der Waals surface area contributed by atoms with Crippen molar-refractivity contribution in [2.24, 2.45) is 0 Å². The van der Waals surface area contributed by atoms with Gasteiger partial charge in [0.1, 0.15) is 0 Å². The number of likely N-dealkylation sites (N-methyl/N-ethyl adjacent to an activating group) is 1. The first-order chi connectivity index (χ1) is 8.97. The van der Waals surface area contributed by atoms with E-state index in [4.69, 9.17) is 0 Å². The Balaban J connectivity index is 2.72. The second-order valence-corrected chi connectivity index (χ2v) is 4.18. The largest absolute Gasteiger partial charge is 0.504 e. The normalized spacial score (nSPS) is 10.0. The highest BCUT2D eigenvalue weighted by molar-refractivity contribution is 5.99. The minimum atomic E-state index is -0.528. The number of nitrogens with zero attached hydrogens (tertiary/aromatic N) is 1. The van der Waals surface area contributed by atoms with Crippen LogP contribution in [0.2, 0.25) is 0 Å². The lowest BCUT2D eigenvalue weighted by atomic mass is 10.1. The number of hydrogen-bond acceptors (Lipinski definition) is 4. The average molecular weight is 266 g/mol. The Kier molecular flexibility index (Phi) is 5.17. The van der Waals surface area contributed by atoms with Crippen molar-refractivity contribution in [3.63, 3.8) is 0 Å². The van der Waals surface area contributed by atoms with Crippen LogP contribution >= 0.6 is 0 Å². The van der Waals surface area contributed by atoms with Crippen molar-refractivity contribution in [3.8, 4) is 11.5 Å². The maximum atomic E-state index is 12.0. The van der Waals surface area contributed by atoms with Gasteiger partial charge in [-0.15, -0.1) is 0 Å². The lowest BCUT2D eigenvalue weighted by Gasteiger charge is -2.17. The molecule has 0 saturated heterocycles. The molecule has 19 heavy (non-hydrogen) atoms. The maximum Gasteiger partial charge on any atom is 0.257 e. The average Bonchev–Trinajstić information content (AvgIpc) is 2.38. The van der Waals surface area contributed by atoms with Crippen molar-refractivity contribution in [3.05, 3.63) is 23.8 Å². The van der Waals surface area contributed by atoms with Gasteiger partial charge in [0, 0.05) is 13.6 Å². The van der Waals surface area contributed by atoms with Gasteiger partial charge < -0.3 is 20.4 Å². The van der Waals surface area contributed by atoms with E-state index in [-0.39, 0.29) is 23.8 Å². The van der Waals surface area contributed by atoms with E-state index < -0.39 is 11.7 Å². The maximum absolute atomic E-state index is 12.0. The molecule has 104 valence electrons. The Bertz CT molecular complexity index is 474. The monoisotopic (exact) mass is 266 g/mol. The Morgan fingerprint density at radius 2 is 2.00 bits per heavy atom. The van der Waals surface area contributed by atoms with Crippen LogP contribution in [-0.4, -0.2) is 47.1 Å². The first-order valence-corrected chi connectivity index (χ1v) is 6.00. The Morgan fingerprint density at radius 3 is 2.63 bits per heavy atom. The van der Waals surface area contributed by atoms with E-state index >= 15 is 0 Å². The number of rotatable bonds is 5. The zero-order valence-corrected chi connectivity index (χ0v) is 11.0. The van der Waals surface area contributed by atoms with Crippen molar-refractivity contribution < 1.29 is 19.8 Å². The smallest absolute Gasteiger partial charge is 0.257 e. The van der Waals surface area contributed by atoms with Crippen LogP contribution in [0.5, 0.6) is 11.5 Å². The zero-order chi connectivity index (χ0) is 14.4. The number of carbonyl (C=O) groups excluding carboxylic acids is 2. The molecule has 1 aromatic rings. The van der Waals surface area contributed by atoms with Crippen LogP contribution in [0.25, 0.3) is 0 Å². The summed E-state index contributed by atoms with van der Waals surface area (Å²) in [5, 5.41) is 21.6. The van der Waals surface area contributed by atoms with Crippen LogP contribution in [-0.2, 0) is 4.79 Å². The number of para-hydroxylation sites is 1. The number of amides is 2. The molecule has 1 rings (SSSR count). The molecule has 0 radical (unpaired) electrons. The first kappa shape index (κ1) is 14.8. The number of phenols is 2. The Hall–Kier alpha value is -2.24. The number of hydrogen-bond donors (Lipinski definition) is 3. The van der Waals surface area contributed by atoms with Gasteiger partial charge in [-0.1, -0.05) is 13.0 Å². The third-order valence-corrected chi connectivity index (χ3v) is 2.54. The van der Waals surface area contributed by atoms with E-state index in [0.717, 1.165) is 6.42 Å². The van der Waals surface area contributed by atoms with E-state index in [1.54, 1.807) is 0 Å². The van der Waals surface area contributed by atoms with Crippen LogP contribution in [0.15, 0.2) is 18.2 Å². The number of benzene rings is 1. The van der Waals surface area contributed by atoms with Crippen molar-refractivity contribution in [1.82, 2.24) is 10.2 Å².